The van der Waals surface area contributed by atoms with Gasteiger partial charge in [-0.15, -0.1) is 0 Å². The topological polar surface area (TPSA) is 21.3 Å². The Kier molecular flexibility index (Phi) is 5.74. The van der Waals surface area contributed by atoms with E-state index < -0.39 is 23.3 Å². The zero-order valence-corrected chi connectivity index (χ0v) is 14.1. The van der Waals surface area contributed by atoms with Crippen molar-refractivity contribution in [1.82, 2.24) is 5.32 Å². The number of hydrogen-bond donors (Lipinski definition) is 1. The van der Waals surface area contributed by atoms with Gasteiger partial charge in [-0.05, 0) is 67.2 Å². The number of nitrogens with one attached hydrogen (secondary N) is 1. The molecule has 0 amide bonds. The second kappa shape index (κ2) is 7.16. The van der Waals surface area contributed by atoms with Crippen LogP contribution in [-0.2, 0) is 4.74 Å². The number of benzene rings is 1. The fourth-order valence-electron chi connectivity index (χ4n) is 2.90. The molecule has 21 heavy (non-hydrogen) atoms. The van der Waals surface area contributed by atoms with E-state index in [9.17, 15) is 8.78 Å². The molecule has 0 bridgehead atoms. The fraction of sp³-hybridized carbons (Fsp3) is 0.625. The van der Waals surface area contributed by atoms with E-state index in [-0.39, 0.29) is 10.0 Å². The van der Waals surface area contributed by atoms with Crippen LogP contribution in [0.5, 0.6) is 0 Å². The predicted octanol–water partition coefficient (Wildman–Crippen LogP) is 4.73. The molecule has 0 spiro atoms. The molecule has 2 unspecified atom stereocenters. The summed E-state index contributed by atoms with van der Waals surface area (Å²) in [4.78, 5) is 0. The molecule has 1 heterocycles. The van der Waals surface area contributed by atoms with Gasteiger partial charge in [0.25, 0.3) is 0 Å². The Morgan fingerprint density at radius 3 is 2.76 bits per heavy atom. The van der Waals surface area contributed by atoms with E-state index in [2.05, 4.69) is 21.2 Å². The summed E-state index contributed by atoms with van der Waals surface area (Å²) in [6, 6.07) is 2.21. The van der Waals surface area contributed by atoms with Crippen LogP contribution < -0.4 is 5.32 Å². The lowest BCUT2D eigenvalue weighted by atomic mass is 9.83. The monoisotopic (exact) mass is 361 g/mol. The van der Waals surface area contributed by atoms with Crippen molar-refractivity contribution in [3.63, 3.8) is 0 Å². The Morgan fingerprint density at radius 1 is 1.38 bits per heavy atom. The quantitative estimate of drug-likeness (QED) is 0.765. The van der Waals surface area contributed by atoms with Crippen molar-refractivity contribution in [2.45, 2.75) is 51.2 Å². The minimum Gasteiger partial charge on any atom is -0.373 e. The lowest BCUT2D eigenvalue weighted by Gasteiger charge is -2.41. The third-order valence-corrected chi connectivity index (χ3v) is 4.69. The zero-order chi connectivity index (χ0) is 15.5. The van der Waals surface area contributed by atoms with Crippen LogP contribution >= 0.6 is 15.9 Å². The molecule has 0 aromatic heterocycles. The third-order valence-electron chi connectivity index (χ3n) is 4.08. The molecule has 1 fully saturated rings. The molecule has 1 aromatic carbocycles. The molecule has 1 aromatic rings. The molecule has 2 atom stereocenters. The van der Waals surface area contributed by atoms with Crippen LogP contribution in [0.4, 0.5) is 8.78 Å². The summed E-state index contributed by atoms with van der Waals surface area (Å²) in [6.07, 6.45) is 3.70. The zero-order valence-electron chi connectivity index (χ0n) is 12.5. The first kappa shape index (κ1) is 16.8. The Labute approximate surface area is 133 Å². The van der Waals surface area contributed by atoms with Crippen LogP contribution in [0.2, 0.25) is 0 Å². The van der Waals surface area contributed by atoms with Gasteiger partial charge in [0.2, 0.25) is 0 Å². The smallest absolute Gasteiger partial charge is 0.145 e. The van der Waals surface area contributed by atoms with Gasteiger partial charge in [-0.3, -0.25) is 0 Å². The summed E-state index contributed by atoms with van der Waals surface area (Å²) in [5, 5.41) is 3.28. The third kappa shape index (κ3) is 3.63. The highest BCUT2D eigenvalue weighted by atomic mass is 79.9. The molecular weight excluding hydrogens is 340 g/mol. The Hall–Kier alpha value is -0.520. The minimum absolute atomic E-state index is 0.0715. The summed E-state index contributed by atoms with van der Waals surface area (Å²) in [6.45, 7) is 5.30. The molecule has 2 nitrogen and oxygen atoms in total. The standard InChI is InChI=1S/C16H22BrF2NO/c1-3-9-20-15(16(2)8-4-5-10-21-16)13-12(18)7-6-11(17)14(13)19/h6-7,15,20H,3-5,8-10H2,1-2H3. The van der Waals surface area contributed by atoms with Gasteiger partial charge in [-0.1, -0.05) is 6.92 Å². The average molecular weight is 362 g/mol. The van der Waals surface area contributed by atoms with Crippen molar-refractivity contribution in [1.29, 1.82) is 0 Å². The summed E-state index contributed by atoms with van der Waals surface area (Å²) >= 11 is 3.15. The maximum atomic E-state index is 14.5. The molecule has 5 heteroatoms. The molecule has 0 radical (unpaired) electrons. The van der Waals surface area contributed by atoms with E-state index >= 15 is 0 Å². The fourth-order valence-corrected chi connectivity index (χ4v) is 3.25. The number of rotatable bonds is 5. The summed E-state index contributed by atoms with van der Waals surface area (Å²) in [7, 11) is 0. The molecular formula is C16H22BrF2NO. The lowest BCUT2D eigenvalue weighted by molar-refractivity contribution is -0.0910. The molecule has 0 aliphatic carbocycles. The highest BCUT2D eigenvalue weighted by Crippen LogP contribution is 2.39. The molecule has 0 saturated carbocycles. The molecule has 1 aliphatic heterocycles. The van der Waals surface area contributed by atoms with Crippen molar-refractivity contribution >= 4 is 15.9 Å². The van der Waals surface area contributed by atoms with E-state index in [1.165, 1.54) is 12.1 Å². The summed E-state index contributed by atoms with van der Waals surface area (Å²) in [5.41, 5.74) is -0.516. The van der Waals surface area contributed by atoms with Crippen molar-refractivity contribution in [3.05, 3.63) is 33.8 Å². The molecule has 1 saturated heterocycles. The van der Waals surface area contributed by atoms with Crippen molar-refractivity contribution in [3.8, 4) is 0 Å². The van der Waals surface area contributed by atoms with Gasteiger partial charge in [0.15, 0.2) is 0 Å². The maximum Gasteiger partial charge on any atom is 0.145 e. The van der Waals surface area contributed by atoms with Crippen LogP contribution in [0.1, 0.15) is 51.1 Å². The van der Waals surface area contributed by atoms with Crippen molar-refractivity contribution in [2.75, 3.05) is 13.2 Å². The predicted molar refractivity (Wildman–Crippen MR) is 83.3 cm³/mol. The van der Waals surface area contributed by atoms with Crippen LogP contribution in [0.3, 0.4) is 0 Å². The lowest BCUT2D eigenvalue weighted by Crippen LogP contribution is -2.47. The Bertz CT molecular complexity index is 489. The van der Waals surface area contributed by atoms with Gasteiger partial charge in [0, 0.05) is 12.2 Å². The second-order valence-electron chi connectivity index (χ2n) is 5.76. The number of halogens is 3. The van der Waals surface area contributed by atoms with Gasteiger partial charge >= 0.3 is 0 Å². The van der Waals surface area contributed by atoms with Crippen LogP contribution in [-0.4, -0.2) is 18.8 Å². The minimum atomic E-state index is -0.587. The van der Waals surface area contributed by atoms with Gasteiger partial charge in [0.1, 0.15) is 11.6 Å². The van der Waals surface area contributed by atoms with E-state index in [1.54, 1.807) is 0 Å². The van der Waals surface area contributed by atoms with Gasteiger partial charge in [0.05, 0.1) is 16.1 Å². The highest BCUT2D eigenvalue weighted by molar-refractivity contribution is 9.10. The number of hydrogen-bond acceptors (Lipinski definition) is 2. The van der Waals surface area contributed by atoms with Gasteiger partial charge < -0.3 is 10.1 Å². The van der Waals surface area contributed by atoms with Crippen molar-refractivity contribution in [2.24, 2.45) is 0 Å². The molecule has 1 N–H and O–H groups in total. The first-order valence-corrected chi connectivity index (χ1v) is 8.29. The van der Waals surface area contributed by atoms with E-state index in [1.807, 2.05) is 13.8 Å². The first-order valence-electron chi connectivity index (χ1n) is 7.50. The summed E-state index contributed by atoms with van der Waals surface area (Å²) < 4.78 is 35.0. The Morgan fingerprint density at radius 2 is 2.14 bits per heavy atom. The maximum absolute atomic E-state index is 14.5. The van der Waals surface area contributed by atoms with Crippen LogP contribution in [0.15, 0.2) is 16.6 Å². The first-order chi connectivity index (χ1) is 9.99. The molecule has 2 rings (SSSR count). The highest BCUT2D eigenvalue weighted by Gasteiger charge is 2.40. The second-order valence-corrected chi connectivity index (χ2v) is 6.62. The van der Waals surface area contributed by atoms with E-state index in [0.29, 0.717) is 13.2 Å². The number of ether oxygens (including phenoxy) is 1. The largest absolute Gasteiger partial charge is 0.373 e. The van der Waals surface area contributed by atoms with E-state index in [4.69, 9.17) is 4.74 Å². The molecule has 118 valence electrons. The van der Waals surface area contributed by atoms with Crippen LogP contribution in [0.25, 0.3) is 0 Å². The van der Waals surface area contributed by atoms with Gasteiger partial charge in [-0.2, -0.15) is 0 Å². The van der Waals surface area contributed by atoms with Crippen LogP contribution in [0, 0.1) is 11.6 Å². The summed E-state index contributed by atoms with van der Waals surface area (Å²) in [5.74, 6) is -1.07. The SMILES string of the molecule is CCCNC(c1c(F)ccc(Br)c1F)C1(C)CCCCO1. The average Bonchev–Trinajstić information content (AvgIpc) is 2.47. The van der Waals surface area contributed by atoms with Gasteiger partial charge in [-0.25, -0.2) is 8.78 Å². The molecule has 1 aliphatic rings. The Balaban J connectivity index is 2.42. The van der Waals surface area contributed by atoms with Crippen molar-refractivity contribution < 1.29 is 13.5 Å². The van der Waals surface area contributed by atoms with E-state index in [0.717, 1.165) is 25.7 Å². The normalized spacial score (nSPS) is 24.0.